The molecule has 2 heterocycles. The van der Waals surface area contributed by atoms with Gasteiger partial charge >= 0.3 is 0 Å². The van der Waals surface area contributed by atoms with Crippen molar-refractivity contribution in [2.24, 2.45) is 0 Å². The van der Waals surface area contributed by atoms with Gasteiger partial charge in [-0.15, -0.1) is 0 Å². The first-order chi connectivity index (χ1) is 12.1. The third-order valence-corrected chi connectivity index (χ3v) is 4.04. The highest BCUT2D eigenvalue weighted by molar-refractivity contribution is 5.64. The van der Waals surface area contributed by atoms with E-state index in [0.29, 0.717) is 17.8 Å². The molecule has 0 spiro atoms. The largest absolute Gasteiger partial charge is 0.494 e. The molecule has 2 aromatic heterocycles. The maximum atomic E-state index is 13.9. The van der Waals surface area contributed by atoms with E-state index in [1.54, 1.807) is 31.6 Å². The number of rotatable bonds is 6. The Morgan fingerprint density at radius 2 is 1.92 bits per heavy atom. The average Bonchev–Trinajstić information content (AvgIpc) is 3.09. The van der Waals surface area contributed by atoms with E-state index in [0.717, 1.165) is 11.4 Å². The molecule has 3 rings (SSSR count). The van der Waals surface area contributed by atoms with Crippen LogP contribution in [0.15, 0.2) is 48.9 Å². The van der Waals surface area contributed by atoms with Crippen LogP contribution < -0.4 is 4.74 Å². The van der Waals surface area contributed by atoms with Gasteiger partial charge in [-0.1, -0.05) is 0 Å². The van der Waals surface area contributed by atoms with Gasteiger partial charge in [0.25, 0.3) is 0 Å². The fraction of sp³-hybridized carbons (Fsp3) is 0.263. The van der Waals surface area contributed by atoms with E-state index in [-0.39, 0.29) is 11.9 Å². The van der Waals surface area contributed by atoms with Gasteiger partial charge in [-0.2, -0.15) is 0 Å². The van der Waals surface area contributed by atoms with E-state index < -0.39 is 5.82 Å². The predicted octanol–water partition coefficient (Wildman–Crippen LogP) is 3.79. The first-order valence-corrected chi connectivity index (χ1v) is 7.96. The van der Waals surface area contributed by atoms with Crippen LogP contribution in [-0.2, 0) is 11.3 Å². The normalized spacial score (nSPS) is 12.2. The van der Waals surface area contributed by atoms with Crippen LogP contribution in [0.4, 0.5) is 4.39 Å². The minimum atomic E-state index is -0.407. The molecule has 0 aliphatic carbocycles. The molecule has 0 amide bonds. The maximum absolute atomic E-state index is 13.9. The molecule has 1 unspecified atom stereocenters. The molecule has 130 valence electrons. The molecule has 0 bridgehead atoms. The Morgan fingerprint density at radius 1 is 1.12 bits per heavy atom. The highest BCUT2D eigenvalue weighted by atomic mass is 19.1. The Balaban J connectivity index is 1.86. The molecule has 0 radical (unpaired) electrons. The highest BCUT2D eigenvalue weighted by Gasteiger charge is 2.11. The summed E-state index contributed by atoms with van der Waals surface area (Å²) in [4.78, 5) is 8.85. The van der Waals surface area contributed by atoms with E-state index in [1.165, 1.54) is 13.2 Å². The number of methoxy groups -OCH3 is 2. The fourth-order valence-corrected chi connectivity index (χ4v) is 2.59. The number of nitrogens with zero attached hydrogens (tertiary/aromatic N) is 3. The molecule has 6 heteroatoms. The van der Waals surface area contributed by atoms with Crippen LogP contribution in [0, 0.1) is 5.82 Å². The van der Waals surface area contributed by atoms with Crippen LogP contribution in [0.1, 0.15) is 6.92 Å². The third kappa shape index (κ3) is 3.69. The Labute approximate surface area is 146 Å². The summed E-state index contributed by atoms with van der Waals surface area (Å²) in [5.74, 6) is 0.633. The van der Waals surface area contributed by atoms with Crippen molar-refractivity contribution in [3.05, 3.63) is 54.7 Å². The monoisotopic (exact) mass is 341 g/mol. The van der Waals surface area contributed by atoms with Gasteiger partial charge in [-0.3, -0.25) is 4.98 Å². The van der Waals surface area contributed by atoms with Crippen LogP contribution in [0.25, 0.3) is 22.6 Å². The van der Waals surface area contributed by atoms with Crippen molar-refractivity contribution in [3.63, 3.8) is 0 Å². The second kappa shape index (κ2) is 7.44. The van der Waals surface area contributed by atoms with Gasteiger partial charge in [-0.25, -0.2) is 9.37 Å². The fourth-order valence-electron chi connectivity index (χ4n) is 2.59. The molecule has 0 N–H and O–H groups in total. The summed E-state index contributed by atoms with van der Waals surface area (Å²) < 4.78 is 26.1. The van der Waals surface area contributed by atoms with Gasteiger partial charge < -0.3 is 14.0 Å². The molecular weight excluding hydrogens is 321 g/mol. The third-order valence-electron chi connectivity index (χ3n) is 4.04. The Bertz CT molecular complexity index is 846. The van der Waals surface area contributed by atoms with Gasteiger partial charge in [0.05, 0.1) is 25.5 Å². The smallest absolute Gasteiger partial charge is 0.165 e. The first kappa shape index (κ1) is 17.1. The van der Waals surface area contributed by atoms with E-state index in [2.05, 4.69) is 9.97 Å². The summed E-state index contributed by atoms with van der Waals surface area (Å²) >= 11 is 0. The minimum Gasteiger partial charge on any atom is -0.494 e. The van der Waals surface area contributed by atoms with E-state index in [9.17, 15) is 4.39 Å². The standard InChI is InChI=1S/C19H20FN3O2/c1-13(24-2)12-23-9-8-21-19(23)15-4-6-17(22-11-15)14-5-7-18(25-3)16(20)10-14/h4-11,13H,12H2,1-3H3. The SMILES string of the molecule is COc1ccc(-c2ccc(-c3nccn3CC(C)OC)cn2)cc1F. The summed E-state index contributed by atoms with van der Waals surface area (Å²) in [5.41, 5.74) is 2.28. The summed E-state index contributed by atoms with van der Waals surface area (Å²) in [6.07, 6.45) is 5.50. The number of aromatic nitrogens is 3. The second-order valence-corrected chi connectivity index (χ2v) is 5.73. The number of imidazole rings is 1. The topological polar surface area (TPSA) is 49.2 Å². The summed E-state index contributed by atoms with van der Waals surface area (Å²) in [6.45, 7) is 2.71. The van der Waals surface area contributed by atoms with Crippen LogP contribution >= 0.6 is 0 Å². The van der Waals surface area contributed by atoms with Gasteiger partial charge in [-0.05, 0) is 37.3 Å². The van der Waals surface area contributed by atoms with E-state index in [4.69, 9.17) is 9.47 Å². The number of pyridine rings is 1. The van der Waals surface area contributed by atoms with Gasteiger partial charge in [0, 0.05) is 36.8 Å². The summed E-state index contributed by atoms with van der Waals surface area (Å²) in [5, 5.41) is 0. The number of benzene rings is 1. The van der Waals surface area contributed by atoms with Gasteiger partial charge in [0.15, 0.2) is 11.6 Å². The number of ether oxygens (including phenoxy) is 2. The molecule has 3 aromatic rings. The van der Waals surface area contributed by atoms with E-state index >= 15 is 0 Å². The van der Waals surface area contributed by atoms with Crippen molar-refractivity contribution >= 4 is 0 Å². The van der Waals surface area contributed by atoms with Crippen LogP contribution in [0.5, 0.6) is 5.75 Å². The molecule has 0 saturated carbocycles. The lowest BCUT2D eigenvalue weighted by Gasteiger charge is -2.13. The molecule has 0 saturated heterocycles. The van der Waals surface area contributed by atoms with Crippen molar-refractivity contribution in [2.75, 3.05) is 14.2 Å². The molecule has 1 aromatic carbocycles. The molecule has 0 fully saturated rings. The van der Waals surface area contributed by atoms with Crippen molar-refractivity contribution in [1.29, 1.82) is 0 Å². The van der Waals surface area contributed by atoms with E-state index in [1.807, 2.05) is 29.8 Å². The lowest BCUT2D eigenvalue weighted by Crippen LogP contribution is -2.14. The van der Waals surface area contributed by atoms with Gasteiger partial charge in [0.2, 0.25) is 0 Å². The summed E-state index contributed by atoms with van der Waals surface area (Å²) in [6, 6.07) is 8.59. The Morgan fingerprint density at radius 3 is 2.56 bits per heavy atom. The van der Waals surface area contributed by atoms with Gasteiger partial charge in [0.1, 0.15) is 5.82 Å². The zero-order valence-electron chi connectivity index (χ0n) is 14.4. The van der Waals surface area contributed by atoms with Crippen LogP contribution in [0.3, 0.4) is 0 Å². The molecular formula is C19H20FN3O2. The first-order valence-electron chi connectivity index (χ1n) is 7.96. The lowest BCUT2D eigenvalue weighted by molar-refractivity contribution is 0.103. The number of hydrogen-bond donors (Lipinski definition) is 0. The summed E-state index contributed by atoms with van der Waals surface area (Å²) in [7, 11) is 3.13. The Kier molecular flexibility index (Phi) is 5.09. The molecule has 5 nitrogen and oxygen atoms in total. The molecule has 25 heavy (non-hydrogen) atoms. The molecule has 1 atom stereocenters. The lowest BCUT2D eigenvalue weighted by atomic mass is 10.1. The number of halogens is 1. The number of hydrogen-bond acceptors (Lipinski definition) is 4. The predicted molar refractivity (Wildman–Crippen MR) is 93.9 cm³/mol. The molecule has 0 aliphatic heterocycles. The van der Waals surface area contributed by atoms with Crippen LogP contribution in [0.2, 0.25) is 0 Å². The van der Waals surface area contributed by atoms with Crippen molar-refractivity contribution in [2.45, 2.75) is 19.6 Å². The molecule has 0 aliphatic rings. The van der Waals surface area contributed by atoms with Crippen LogP contribution in [-0.4, -0.2) is 34.9 Å². The van der Waals surface area contributed by atoms with Crippen molar-refractivity contribution in [3.8, 4) is 28.4 Å². The second-order valence-electron chi connectivity index (χ2n) is 5.73. The zero-order chi connectivity index (χ0) is 17.8. The Hall–Kier alpha value is -2.73. The van der Waals surface area contributed by atoms with Crippen molar-refractivity contribution in [1.82, 2.24) is 14.5 Å². The highest BCUT2D eigenvalue weighted by Crippen LogP contribution is 2.26. The average molecular weight is 341 g/mol. The minimum absolute atomic E-state index is 0.0856. The van der Waals surface area contributed by atoms with Crippen molar-refractivity contribution < 1.29 is 13.9 Å². The quantitative estimate of drug-likeness (QED) is 0.684. The zero-order valence-corrected chi connectivity index (χ0v) is 14.4. The maximum Gasteiger partial charge on any atom is 0.165 e.